The fourth-order valence-corrected chi connectivity index (χ4v) is 7.59. The number of carbonyl (C=O) groups is 1. The number of aliphatic hydroxyl groups excluding tert-OH is 1. The van der Waals surface area contributed by atoms with Crippen molar-refractivity contribution in [3.63, 3.8) is 0 Å². The van der Waals surface area contributed by atoms with Gasteiger partial charge in [-0.25, -0.2) is 0 Å². The van der Waals surface area contributed by atoms with Crippen LogP contribution in [-0.4, -0.2) is 37.0 Å². The van der Waals surface area contributed by atoms with E-state index in [1.54, 1.807) is 5.57 Å². The molecule has 0 radical (unpaired) electrons. The Hall–Kier alpha value is -0.870. The first-order valence-corrected chi connectivity index (χ1v) is 11.4. The van der Waals surface area contributed by atoms with Crippen LogP contribution >= 0.6 is 0 Å². The molecule has 0 bridgehead atoms. The van der Waals surface area contributed by atoms with E-state index in [9.17, 15) is 9.90 Å². The molecule has 4 aliphatic rings. The fraction of sp³-hybridized carbons (Fsp3) is 0.875. The Morgan fingerprint density at radius 2 is 2.14 bits per heavy atom. The van der Waals surface area contributed by atoms with Gasteiger partial charge < -0.3 is 14.6 Å². The van der Waals surface area contributed by atoms with Crippen LogP contribution in [0.3, 0.4) is 0 Å². The molecule has 4 nitrogen and oxygen atoms in total. The van der Waals surface area contributed by atoms with Gasteiger partial charge in [-0.05, 0) is 80.5 Å². The molecule has 158 valence electrons. The highest BCUT2D eigenvalue weighted by Crippen LogP contribution is 2.67. The van der Waals surface area contributed by atoms with Gasteiger partial charge in [0.1, 0.15) is 6.10 Å². The summed E-state index contributed by atoms with van der Waals surface area (Å²) in [4.78, 5) is 11.4. The average molecular weight is 391 g/mol. The summed E-state index contributed by atoms with van der Waals surface area (Å²) in [5.74, 6) is 2.13. The van der Waals surface area contributed by atoms with Crippen LogP contribution < -0.4 is 0 Å². The van der Waals surface area contributed by atoms with Crippen molar-refractivity contribution < 1.29 is 19.4 Å². The summed E-state index contributed by atoms with van der Waals surface area (Å²) >= 11 is 0. The van der Waals surface area contributed by atoms with Gasteiger partial charge >= 0.3 is 5.97 Å². The third-order valence-electron chi connectivity index (χ3n) is 8.97. The van der Waals surface area contributed by atoms with E-state index < -0.39 is 0 Å². The summed E-state index contributed by atoms with van der Waals surface area (Å²) in [5.41, 5.74) is 2.11. The molecule has 0 saturated heterocycles. The largest absolute Gasteiger partial charge is 0.463 e. The Bertz CT molecular complexity index is 643. The van der Waals surface area contributed by atoms with Gasteiger partial charge in [0, 0.05) is 26.1 Å². The molecule has 4 saturated carbocycles. The van der Waals surface area contributed by atoms with E-state index in [1.165, 1.54) is 45.4 Å². The zero-order chi connectivity index (χ0) is 20.1. The number of aliphatic hydroxyl groups is 1. The van der Waals surface area contributed by atoms with E-state index in [4.69, 9.17) is 9.47 Å². The predicted octanol–water partition coefficient (Wildman–Crippen LogP) is 4.50. The Morgan fingerprint density at radius 3 is 2.82 bits per heavy atom. The minimum Gasteiger partial charge on any atom is -0.463 e. The van der Waals surface area contributed by atoms with Gasteiger partial charge in [0.2, 0.25) is 0 Å². The van der Waals surface area contributed by atoms with Gasteiger partial charge in [-0.3, -0.25) is 4.79 Å². The number of rotatable bonds is 6. The first-order valence-electron chi connectivity index (χ1n) is 11.4. The molecule has 0 aromatic carbocycles. The van der Waals surface area contributed by atoms with Crippen molar-refractivity contribution in [1.29, 1.82) is 0 Å². The number of methoxy groups -OCH3 is 1. The Morgan fingerprint density at radius 1 is 1.36 bits per heavy atom. The summed E-state index contributed by atoms with van der Waals surface area (Å²) in [7, 11) is 1.85. The second kappa shape index (κ2) is 7.43. The smallest absolute Gasteiger partial charge is 0.302 e. The minimum absolute atomic E-state index is 0.0742. The van der Waals surface area contributed by atoms with Gasteiger partial charge in [0.25, 0.3) is 0 Å². The molecule has 0 aromatic heterocycles. The lowest BCUT2D eigenvalue weighted by atomic mass is 9.61. The van der Waals surface area contributed by atoms with Gasteiger partial charge in [0.15, 0.2) is 0 Å². The van der Waals surface area contributed by atoms with Crippen molar-refractivity contribution in [2.24, 2.45) is 34.5 Å². The lowest BCUT2D eigenvalue weighted by molar-refractivity contribution is -0.146. The van der Waals surface area contributed by atoms with Crippen LogP contribution in [0.5, 0.6) is 0 Å². The second-order valence-electron chi connectivity index (χ2n) is 10.5. The van der Waals surface area contributed by atoms with Crippen LogP contribution in [0, 0.1) is 34.5 Å². The van der Waals surface area contributed by atoms with Crippen molar-refractivity contribution >= 4 is 5.97 Å². The Kier molecular flexibility index (Phi) is 5.41. The molecule has 4 fully saturated rings. The highest BCUT2D eigenvalue weighted by molar-refractivity contribution is 5.66. The molecule has 5 unspecified atom stereocenters. The van der Waals surface area contributed by atoms with Crippen LogP contribution in [-0.2, 0) is 14.3 Å². The number of hydrogen-bond donors (Lipinski definition) is 1. The highest BCUT2D eigenvalue weighted by Gasteiger charge is 2.65. The van der Waals surface area contributed by atoms with Crippen molar-refractivity contribution in [3.05, 3.63) is 11.6 Å². The third kappa shape index (κ3) is 3.25. The zero-order valence-corrected chi connectivity index (χ0v) is 18.1. The summed E-state index contributed by atoms with van der Waals surface area (Å²) in [5, 5.41) is 9.75. The molecule has 0 aromatic rings. The van der Waals surface area contributed by atoms with E-state index in [0.717, 1.165) is 12.8 Å². The number of ether oxygens (including phenoxy) is 2. The monoisotopic (exact) mass is 390 g/mol. The lowest BCUT2D eigenvalue weighted by Gasteiger charge is -2.44. The average Bonchev–Trinajstić information content (AvgIpc) is 3.03. The molecule has 4 heteroatoms. The number of fused-ring (bicyclic) bond motifs is 2. The van der Waals surface area contributed by atoms with E-state index >= 15 is 0 Å². The molecule has 4 rings (SSSR count). The van der Waals surface area contributed by atoms with E-state index in [1.807, 2.05) is 7.11 Å². The summed E-state index contributed by atoms with van der Waals surface area (Å²) in [6, 6.07) is 0. The van der Waals surface area contributed by atoms with E-state index in [-0.39, 0.29) is 23.6 Å². The van der Waals surface area contributed by atoms with E-state index in [0.29, 0.717) is 35.7 Å². The molecule has 0 heterocycles. The maximum absolute atomic E-state index is 11.4. The molecule has 8 atom stereocenters. The molecule has 1 N–H and O–H groups in total. The maximum Gasteiger partial charge on any atom is 0.302 e. The van der Waals surface area contributed by atoms with Crippen molar-refractivity contribution in [2.75, 3.05) is 13.7 Å². The number of esters is 1. The fourth-order valence-electron chi connectivity index (χ4n) is 7.59. The molecule has 0 aliphatic heterocycles. The number of carbonyl (C=O) groups excluding carboxylic acids is 1. The molecule has 4 aliphatic carbocycles. The van der Waals surface area contributed by atoms with Gasteiger partial charge in [-0.1, -0.05) is 25.5 Å². The molecule has 0 amide bonds. The van der Waals surface area contributed by atoms with Gasteiger partial charge in [-0.15, -0.1) is 0 Å². The third-order valence-corrected chi connectivity index (χ3v) is 8.97. The topological polar surface area (TPSA) is 55.8 Å². The van der Waals surface area contributed by atoms with Gasteiger partial charge in [-0.2, -0.15) is 0 Å². The zero-order valence-electron chi connectivity index (χ0n) is 18.1. The number of allylic oxidation sites excluding steroid dienone is 1. The second-order valence-corrected chi connectivity index (χ2v) is 10.5. The number of hydrogen-bond acceptors (Lipinski definition) is 4. The lowest BCUT2D eigenvalue weighted by Crippen LogP contribution is -2.37. The summed E-state index contributed by atoms with van der Waals surface area (Å²) < 4.78 is 11.6. The van der Waals surface area contributed by atoms with Crippen LogP contribution in [0.15, 0.2) is 11.6 Å². The van der Waals surface area contributed by atoms with Gasteiger partial charge in [0.05, 0.1) is 6.10 Å². The molecule has 28 heavy (non-hydrogen) atoms. The van der Waals surface area contributed by atoms with Crippen LogP contribution in [0.25, 0.3) is 0 Å². The van der Waals surface area contributed by atoms with Crippen molar-refractivity contribution in [2.45, 2.75) is 84.3 Å². The normalized spacial score (nSPS) is 45.4. The predicted molar refractivity (Wildman–Crippen MR) is 109 cm³/mol. The van der Waals surface area contributed by atoms with Crippen LogP contribution in [0.4, 0.5) is 0 Å². The first-order chi connectivity index (χ1) is 13.3. The minimum atomic E-state index is -0.160. The van der Waals surface area contributed by atoms with Crippen LogP contribution in [0.2, 0.25) is 0 Å². The van der Waals surface area contributed by atoms with E-state index in [2.05, 4.69) is 19.9 Å². The van der Waals surface area contributed by atoms with Crippen LogP contribution in [0.1, 0.15) is 72.1 Å². The Labute approximate surface area is 170 Å². The highest BCUT2D eigenvalue weighted by atomic mass is 16.5. The maximum atomic E-state index is 11.4. The standard InChI is InChI=1S/C24H38O4/c1-15(14-25)20-7-8-21-17(6-5-9-23(20,21)3)10-22(27-4)24-12-18(24)11-19(13-24)28-16(2)26/h10,15,18-22,25H,5-9,11-14H2,1-4H3/t15-,18?,19+,20?,21?,22?,23-,24?/m1/s1. The molecule has 0 spiro atoms. The quantitative estimate of drug-likeness (QED) is 0.536. The summed E-state index contributed by atoms with van der Waals surface area (Å²) in [6.45, 7) is 6.50. The molecular weight excluding hydrogens is 352 g/mol. The molecular formula is C24H38O4. The van der Waals surface area contributed by atoms with Crippen molar-refractivity contribution in [3.8, 4) is 0 Å². The van der Waals surface area contributed by atoms with Crippen molar-refractivity contribution in [1.82, 2.24) is 0 Å². The Balaban J connectivity index is 1.52. The first kappa shape index (κ1) is 20.4. The summed E-state index contributed by atoms with van der Waals surface area (Å²) in [6.07, 6.45) is 12.1. The SMILES string of the molecule is COC(C=C1CCC[C@@]2(C)C1CCC2[C@H](C)CO)C12CC1C[C@H](OC(C)=O)C2.